The number of benzene rings is 3. The highest BCUT2D eigenvalue weighted by Crippen LogP contribution is 2.30. The van der Waals surface area contributed by atoms with Crippen LogP contribution in [0.2, 0.25) is 0 Å². The van der Waals surface area contributed by atoms with Crippen molar-refractivity contribution in [3.63, 3.8) is 0 Å². The first-order valence-corrected chi connectivity index (χ1v) is 12.0. The van der Waals surface area contributed by atoms with Gasteiger partial charge >= 0.3 is 0 Å². The molecule has 0 aromatic heterocycles. The molecule has 0 radical (unpaired) electrons. The van der Waals surface area contributed by atoms with Gasteiger partial charge in [0.1, 0.15) is 12.2 Å². The molecular weight excluding hydrogens is 442 g/mol. The van der Waals surface area contributed by atoms with Crippen molar-refractivity contribution in [3.05, 3.63) is 108 Å². The van der Waals surface area contributed by atoms with Crippen LogP contribution in [0.1, 0.15) is 30.5 Å². The summed E-state index contributed by atoms with van der Waals surface area (Å²) in [4.78, 5) is 12.1. The zero-order valence-electron chi connectivity index (χ0n) is 20.2. The van der Waals surface area contributed by atoms with E-state index in [1.54, 1.807) is 0 Å². The van der Waals surface area contributed by atoms with Gasteiger partial charge in [0, 0.05) is 6.92 Å². The molecule has 1 amide bonds. The van der Waals surface area contributed by atoms with Crippen LogP contribution in [0, 0.1) is 0 Å². The SMILES string of the molecule is CC(=O)N[C@H]1[C@@H]([C@H](C)OCc2ccccc2)OC(OCc2ccccc2)[C@@H]1OCc1ccccc1. The van der Waals surface area contributed by atoms with E-state index in [1.807, 2.05) is 97.9 Å². The molecule has 3 aromatic carbocycles. The summed E-state index contributed by atoms with van der Waals surface area (Å²) in [5.41, 5.74) is 3.14. The molecule has 1 aliphatic rings. The van der Waals surface area contributed by atoms with E-state index in [9.17, 15) is 4.79 Å². The molecule has 5 atom stereocenters. The number of hydrogen-bond acceptors (Lipinski definition) is 5. The van der Waals surface area contributed by atoms with Crippen LogP contribution in [0.25, 0.3) is 0 Å². The van der Waals surface area contributed by atoms with Gasteiger partial charge in [0.2, 0.25) is 5.91 Å². The van der Waals surface area contributed by atoms with Crippen molar-refractivity contribution in [2.45, 2.75) is 64.3 Å². The lowest BCUT2D eigenvalue weighted by molar-refractivity contribution is -0.196. The first-order valence-electron chi connectivity index (χ1n) is 12.0. The molecule has 4 rings (SSSR count). The Bertz CT molecular complexity index is 1030. The molecule has 0 spiro atoms. The predicted octanol–water partition coefficient (Wildman–Crippen LogP) is 4.62. The quantitative estimate of drug-likeness (QED) is 0.438. The van der Waals surface area contributed by atoms with Crippen molar-refractivity contribution < 1.29 is 23.7 Å². The molecule has 1 aliphatic heterocycles. The van der Waals surface area contributed by atoms with E-state index in [0.717, 1.165) is 16.7 Å². The molecule has 6 heteroatoms. The minimum Gasteiger partial charge on any atom is -0.371 e. The molecule has 1 heterocycles. The van der Waals surface area contributed by atoms with Crippen LogP contribution in [-0.2, 0) is 43.6 Å². The molecule has 1 N–H and O–H groups in total. The Morgan fingerprint density at radius 2 is 1.29 bits per heavy atom. The molecular formula is C29H33NO5. The fourth-order valence-electron chi connectivity index (χ4n) is 4.21. The normalized spacial score (nSPS) is 22.6. The largest absolute Gasteiger partial charge is 0.371 e. The summed E-state index contributed by atoms with van der Waals surface area (Å²) in [5.74, 6) is -0.157. The molecule has 0 saturated carbocycles. The van der Waals surface area contributed by atoms with Crippen molar-refractivity contribution in [1.82, 2.24) is 5.32 Å². The Labute approximate surface area is 207 Å². The average Bonchev–Trinajstić information content (AvgIpc) is 3.23. The molecule has 1 unspecified atom stereocenters. The van der Waals surface area contributed by atoms with Gasteiger partial charge in [-0.2, -0.15) is 0 Å². The highest BCUT2D eigenvalue weighted by molar-refractivity contribution is 5.73. The maximum Gasteiger partial charge on any atom is 0.217 e. The Hall–Kier alpha value is -3.03. The third-order valence-corrected chi connectivity index (χ3v) is 6.00. The predicted molar refractivity (Wildman–Crippen MR) is 133 cm³/mol. The zero-order chi connectivity index (χ0) is 24.5. The average molecular weight is 476 g/mol. The highest BCUT2D eigenvalue weighted by Gasteiger charge is 2.49. The molecule has 1 saturated heterocycles. The summed E-state index contributed by atoms with van der Waals surface area (Å²) < 4.78 is 25.0. The van der Waals surface area contributed by atoms with Crippen molar-refractivity contribution >= 4 is 5.91 Å². The Balaban J connectivity index is 1.50. The number of carbonyl (C=O) groups excluding carboxylic acids is 1. The lowest BCUT2D eigenvalue weighted by atomic mass is 10.0. The van der Waals surface area contributed by atoms with Crippen LogP contribution in [-0.4, -0.2) is 36.6 Å². The van der Waals surface area contributed by atoms with Crippen LogP contribution >= 0.6 is 0 Å². The fourth-order valence-corrected chi connectivity index (χ4v) is 4.21. The summed E-state index contributed by atoms with van der Waals surface area (Å²) in [7, 11) is 0. The summed E-state index contributed by atoms with van der Waals surface area (Å²) in [6.07, 6.45) is -1.91. The Kier molecular flexibility index (Phi) is 9.03. The van der Waals surface area contributed by atoms with E-state index in [1.165, 1.54) is 6.92 Å². The minimum atomic E-state index is -0.663. The molecule has 1 fully saturated rings. The van der Waals surface area contributed by atoms with Crippen LogP contribution in [0.15, 0.2) is 91.0 Å². The number of hydrogen-bond donors (Lipinski definition) is 1. The first kappa shape index (κ1) is 25.1. The van der Waals surface area contributed by atoms with Gasteiger partial charge in [-0.1, -0.05) is 91.0 Å². The second-order valence-electron chi connectivity index (χ2n) is 8.75. The van der Waals surface area contributed by atoms with Gasteiger partial charge in [0.25, 0.3) is 0 Å². The van der Waals surface area contributed by atoms with E-state index >= 15 is 0 Å². The number of rotatable bonds is 11. The maximum atomic E-state index is 12.1. The summed E-state index contributed by atoms with van der Waals surface area (Å²) in [6, 6.07) is 29.4. The van der Waals surface area contributed by atoms with Crippen LogP contribution in [0.3, 0.4) is 0 Å². The Morgan fingerprint density at radius 1 is 0.800 bits per heavy atom. The van der Waals surface area contributed by atoms with Gasteiger partial charge in [0.15, 0.2) is 6.29 Å². The second-order valence-corrected chi connectivity index (χ2v) is 8.75. The molecule has 3 aromatic rings. The lowest BCUT2D eigenvalue weighted by Crippen LogP contribution is -2.51. The third-order valence-electron chi connectivity index (χ3n) is 6.00. The third kappa shape index (κ3) is 7.23. The fraction of sp³-hybridized carbons (Fsp3) is 0.345. The number of ether oxygens (including phenoxy) is 4. The van der Waals surface area contributed by atoms with E-state index < -0.39 is 24.5 Å². The van der Waals surface area contributed by atoms with Gasteiger partial charge in [0.05, 0.1) is 32.0 Å². The number of carbonyl (C=O) groups is 1. The summed E-state index contributed by atoms with van der Waals surface area (Å²) in [6.45, 7) is 4.65. The molecule has 6 nitrogen and oxygen atoms in total. The minimum absolute atomic E-state index is 0.157. The van der Waals surface area contributed by atoms with E-state index in [0.29, 0.717) is 19.8 Å². The van der Waals surface area contributed by atoms with Crippen molar-refractivity contribution in [2.24, 2.45) is 0 Å². The van der Waals surface area contributed by atoms with Crippen LogP contribution in [0.4, 0.5) is 0 Å². The first-order chi connectivity index (χ1) is 17.1. The second kappa shape index (κ2) is 12.6. The monoisotopic (exact) mass is 475 g/mol. The molecule has 35 heavy (non-hydrogen) atoms. The van der Waals surface area contributed by atoms with Gasteiger partial charge in [-0.3, -0.25) is 4.79 Å². The van der Waals surface area contributed by atoms with Crippen LogP contribution < -0.4 is 5.32 Å². The van der Waals surface area contributed by atoms with E-state index in [2.05, 4.69) is 5.32 Å². The van der Waals surface area contributed by atoms with Gasteiger partial charge in [-0.25, -0.2) is 0 Å². The summed E-state index contributed by atoms with van der Waals surface area (Å²) >= 11 is 0. The standard InChI is InChI=1S/C29H33NO5/c1-21(32-18-23-12-6-3-7-13-23)27-26(30-22(2)31)28(33-19-24-14-8-4-9-15-24)29(35-27)34-20-25-16-10-5-11-17-25/h3-17,21,26-29H,18-20H2,1-2H3,(H,30,31)/t21-,26-,27+,28+,29?/m0/s1. The van der Waals surface area contributed by atoms with Crippen molar-refractivity contribution in [3.8, 4) is 0 Å². The number of nitrogens with one attached hydrogen (secondary N) is 1. The highest BCUT2D eigenvalue weighted by atomic mass is 16.7. The molecule has 184 valence electrons. The number of amides is 1. The topological polar surface area (TPSA) is 66.0 Å². The molecule has 0 bridgehead atoms. The van der Waals surface area contributed by atoms with Crippen molar-refractivity contribution in [1.29, 1.82) is 0 Å². The zero-order valence-corrected chi connectivity index (χ0v) is 20.2. The van der Waals surface area contributed by atoms with Gasteiger partial charge in [-0.15, -0.1) is 0 Å². The summed E-state index contributed by atoms with van der Waals surface area (Å²) in [5, 5.41) is 3.04. The van der Waals surface area contributed by atoms with Gasteiger partial charge < -0.3 is 24.3 Å². The van der Waals surface area contributed by atoms with E-state index in [4.69, 9.17) is 18.9 Å². The molecule has 0 aliphatic carbocycles. The smallest absolute Gasteiger partial charge is 0.217 e. The van der Waals surface area contributed by atoms with Crippen LogP contribution in [0.5, 0.6) is 0 Å². The maximum absolute atomic E-state index is 12.1. The Morgan fingerprint density at radius 3 is 1.80 bits per heavy atom. The van der Waals surface area contributed by atoms with Gasteiger partial charge in [-0.05, 0) is 23.6 Å². The van der Waals surface area contributed by atoms with Crippen molar-refractivity contribution in [2.75, 3.05) is 0 Å². The van der Waals surface area contributed by atoms with E-state index in [-0.39, 0.29) is 12.0 Å². The lowest BCUT2D eigenvalue weighted by Gasteiger charge is -2.27.